The van der Waals surface area contributed by atoms with Gasteiger partial charge in [0.15, 0.2) is 11.5 Å². The maximum absolute atomic E-state index is 12.5. The fourth-order valence-corrected chi connectivity index (χ4v) is 3.30. The van der Waals surface area contributed by atoms with Gasteiger partial charge in [0.25, 0.3) is 5.91 Å². The highest BCUT2D eigenvalue weighted by Crippen LogP contribution is 2.37. The lowest BCUT2D eigenvalue weighted by molar-refractivity contribution is 0.0955. The van der Waals surface area contributed by atoms with E-state index in [1.165, 1.54) is 27.5 Å². The highest BCUT2D eigenvalue weighted by molar-refractivity contribution is 5.95. The van der Waals surface area contributed by atoms with Crippen LogP contribution in [-0.2, 0) is 0 Å². The number of methoxy groups -OCH3 is 3. The van der Waals surface area contributed by atoms with Crippen molar-refractivity contribution in [1.82, 2.24) is 20.4 Å². The molecule has 1 heterocycles. The summed E-state index contributed by atoms with van der Waals surface area (Å²) in [6.07, 6.45) is 3.34. The molecule has 1 amide bonds. The monoisotopic (exact) mass is 457 g/mol. The molecule has 4 rings (SSSR count). The largest absolute Gasteiger partial charge is 0.493 e. The van der Waals surface area contributed by atoms with Crippen molar-refractivity contribution in [1.29, 1.82) is 0 Å². The van der Waals surface area contributed by atoms with Crippen molar-refractivity contribution in [3.05, 3.63) is 84.1 Å². The number of ether oxygens (including phenoxy) is 3. The summed E-state index contributed by atoms with van der Waals surface area (Å²) in [6, 6.07) is 20.2. The van der Waals surface area contributed by atoms with Gasteiger partial charge in [-0.1, -0.05) is 35.5 Å². The number of benzene rings is 3. The fraction of sp³-hybridized carbons (Fsp3) is 0.120. The first-order valence-corrected chi connectivity index (χ1v) is 10.3. The van der Waals surface area contributed by atoms with Gasteiger partial charge < -0.3 is 14.2 Å². The first kappa shape index (κ1) is 22.5. The lowest BCUT2D eigenvalue weighted by Crippen LogP contribution is -2.17. The number of carbonyl (C=O) groups excluding carboxylic acids is 1. The Morgan fingerprint density at radius 3 is 2.24 bits per heavy atom. The summed E-state index contributed by atoms with van der Waals surface area (Å²) in [6.45, 7) is 0. The SMILES string of the molecule is COc1cc(/C=N/NC(=O)c2ccc(-n3cc(-c4ccccc4)nn3)cc2)cc(OC)c1OC. The molecule has 0 aliphatic rings. The maximum atomic E-state index is 12.5. The van der Waals surface area contributed by atoms with Crippen LogP contribution < -0.4 is 19.6 Å². The minimum Gasteiger partial charge on any atom is -0.493 e. The number of carbonyl (C=O) groups is 1. The third-order valence-corrected chi connectivity index (χ3v) is 5.02. The Labute approximate surface area is 196 Å². The standard InChI is InChI=1S/C25H23N5O4/c1-32-22-13-17(14-23(33-2)24(22)34-3)15-26-28-25(31)19-9-11-20(12-10-19)30-16-21(27-29-30)18-7-5-4-6-8-18/h4-16H,1-3H3,(H,28,31)/b26-15+. The molecular weight excluding hydrogens is 434 g/mol. The van der Waals surface area contributed by atoms with Gasteiger partial charge in [-0.3, -0.25) is 4.79 Å². The third-order valence-electron chi connectivity index (χ3n) is 5.02. The van der Waals surface area contributed by atoms with Gasteiger partial charge in [-0.25, -0.2) is 10.1 Å². The number of rotatable bonds is 8. The molecule has 172 valence electrons. The molecule has 0 radical (unpaired) electrons. The van der Waals surface area contributed by atoms with Crippen LogP contribution in [0.2, 0.25) is 0 Å². The predicted octanol–water partition coefficient (Wildman–Crippen LogP) is 3.72. The molecule has 0 aliphatic carbocycles. The third kappa shape index (κ3) is 4.88. The van der Waals surface area contributed by atoms with Gasteiger partial charge in [0.1, 0.15) is 5.69 Å². The van der Waals surface area contributed by atoms with E-state index in [2.05, 4.69) is 20.8 Å². The van der Waals surface area contributed by atoms with Crippen molar-refractivity contribution in [3.8, 4) is 34.2 Å². The summed E-state index contributed by atoms with van der Waals surface area (Å²) >= 11 is 0. The Kier molecular flexibility index (Phi) is 6.83. The van der Waals surface area contributed by atoms with Gasteiger partial charge in [-0.2, -0.15) is 5.10 Å². The van der Waals surface area contributed by atoms with Crippen molar-refractivity contribution in [2.24, 2.45) is 5.10 Å². The van der Waals surface area contributed by atoms with Crippen LogP contribution >= 0.6 is 0 Å². The average molecular weight is 457 g/mol. The quantitative estimate of drug-likeness (QED) is 0.320. The number of hydrogen-bond acceptors (Lipinski definition) is 7. The zero-order valence-corrected chi connectivity index (χ0v) is 18.9. The van der Waals surface area contributed by atoms with Crippen molar-refractivity contribution in [3.63, 3.8) is 0 Å². The zero-order valence-electron chi connectivity index (χ0n) is 18.9. The van der Waals surface area contributed by atoms with Crippen LogP contribution in [0.25, 0.3) is 16.9 Å². The molecule has 0 spiro atoms. The molecular formula is C25H23N5O4. The van der Waals surface area contributed by atoms with Crippen LogP contribution in [0.3, 0.4) is 0 Å². The second-order valence-corrected chi connectivity index (χ2v) is 7.12. The minimum atomic E-state index is -0.348. The topological polar surface area (TPSA) is 99.9 Å². The van der Waals surface area contributed by atoms with E-state index < -0.39 is 0 Å². The number of hydrogen-bond donors (Lipinski definition) is 1. The average Bonchev–Trinajstić information content (AvgIpc) is 3.39. The summed E-state index contributed by atoms with van der Waals surface area (Å²) in [5.41, 5.74) is 6.18. The van der Waals surface area contributed by atoms with Crippen molar-refractivity contribution >= 4 is 12.1 Å². The van der Waals surface area contributed by atoms with E-state index in [4.69, 9.17) is 14.2 Å². The van der Waals surface area contributed by atoms with Crippen molar-refractivity contribution in [2.75, 3.05) is 21.3 Å². The lowest BCUT2D eigenvalue weighted by atomic mass is 10.2. The second-order valence-electron chi connectivity index (χ2n) is 7.12. The highest BCUT2D eigenvalue weighted by Gasteiger charge is 2.12. The van der Waals surface area contributed by atoms with Gasteiger partial charge in [-0.15, -0.1) is 5.10 Å². The first-order chi connectivity index (χ1) is 16.6. The summed E-state index contributed by atoms with van der Waals surface area (Å²) < 4.78 is 17.6. The van der Waals surface area contributed by atoms with Crippen molar-refractivity contribution in [2.45, 2.75) is 0 Å². The van der Waals surface area contributed by atoms with E-state index in [1.807, 2.05) is 36.5 Å². The second kappa shape index (κ2) is 10.3. The minimum absolute atomic E-state index is 0.348. The Morgan fingerprint density at radius 2 is 1.62 bits per heavy atom. The molecule has 4 aromatic rings. The molecule has 0 atom stereocenters. The molecule has 9 nitrogen and oxygen atoms in total. The molecule has 0 saturated carbocycles. The number of hydrazone groups is 1. The van der Waals surface area contributed by atoms with Crippen LogP contribution in [-0.4, -0.2) is 48.4 Å². The Morgan fingerprint density at radius 1 is 0.941 bits per heavy atom. The molecule has 0 fully saturated rings. The van der Waals surface area contributed by atoms with Crippen LogP contribution in [0, 0.1) is 0 Å². The molecule has 9 heteroatoms. The van der Waals surface area contributed by atoms with E-state index in [-0.39, 0.29) is 5.91 Å². The Bertz CT molecular complexity index is 1280. The summed E-state index contributed by atoms with van der Waals surface area (Å²) in [5, 5.41) is 12.4. The molecule has 34 heavy (non-hydrogen) atoms. The smallest absolute Gasteiger partial charge is 0.271 e. The Balaban J connectivity index is 1.43. The van der Waals surface area contributed by atoms with E-state index in [0.717, 1.165) is 16.9 Å². The van der Waals surface area contributed by atoms with Gasteiger partial charge in [0, 0.05) is 16.7 Å². The molecule has 0 unspecified atom stereocenters. The molecule has 1 N–H and O–H groups in total. The highest BCUT2D eigenvalue weighted by atomic mass is 16.5. The van der Waals surface area contributed by atoms with Crippen LogP contribution in [0.5, 0.6) is 17.2 Å². The molecule has 1 aromatic heterocycles. The number of aromatic nitrogens is 3. The number of nitrogens with zero attached hydrogens (tertiary/aromatic N) is 4. The van der Waals surface area contributed by atoms with Gasteiger partial charge in [0.05, 0.1) is 39.4 Å². The van der Waals surface area contributed by atoms with Gasteiger partial charge in [0.2, 0.25) is 5.75 Å². The summed E-state index contributed by atoms with van der Waals surface area (Å²) in [5.74, 6) is 1.12. The van der Waals surface area contributed by atoms with E-state index in [9.17, 15) is 4.79 Å². The van der Waals surface area contributed by atoms with Gasteiger partial charge in [-0.05, 0) is 36.4 Å². The van der Waals surface area contributed by atoms with Crippen LogP contribution in [0.15, 0.2) is 78.0 Å². The van der Waals surface area contributed by atoms with Crippen LogP contribution in [0.1, 0.15) is 15.9 Å². The van der Waals surface area contributed by atoms with E-state index >= 15 is 0 Å². The van der Waals surface area contributed by atoms with Crippen molar-refractivity contribution < 1.29 is 19.0 Å². The summed E-state index contributed by atoms with van der Waals surface area (Å²) in [4.78, 5) is 12.5. The molecule has 0 bridgehead atoms. The zero-order chi connectivity index (χ0) is 23.9. The fourth-order valence-electron chi connectivity index (χ4n) is 3.30. The van der Waals surface area contributed by atoms with Crippen LogP contribution in [0.4, 0.5) is 0 Å². The summed E-state index contributed by atoms with van der Waals surface area (Å²) in [7, 11) is 4.60. The normalized spacial score (nSPS) is 10.8. The van der Waals surface area contributed by atoms with Gasteiger partial charge >= 0.3 is 0 Å². The van der Waals surface area contributed by atoms with E-state index in [0.29, 0.717) is 28.4 Å². The number of nitrogens with one attached hydrogen (secondary N) is 1. The lowest BCUT2D eigenvalue weighted by Gasteiger charge is -2.12. The first-order valence-electron chi connectivity index (χ1n) is 10.3. The number of amides is 1. The molecule has 0 saturated heterocycles. The maximum Gasteiger partial charge on any atom is 0.271 e. The molecule has 0 aliphatic heterocycles. The molecule has 3 aromatic carbocycles. The Hall–Kier alpha value is -4.66. The predicted molar refractivity (Wildman–Crippen MR) is 128 cm³/mol. The van der Waals surface area contributed by atoms with E-state index in [1.54, 1.807) is 41.1 Å².